The molecule has 0 amide bonds. The lowest BCUT2D eigenvalue weighted by Gasteiger charge is -2.19. The molecule has 2 aromatic rings. The molecule has 0 unspecified atom stereocenters. The van der Waals surface area contributed by atoms with Crippen LogP contribution in [0.4, 0.5) is 5.82 Å². The van der Waals surface area contributed by atoms with Crippen LogP contribution in [-0.2, 0) is 6.54 Å². The molecule has 1 aromatic carbocycles. The monoisotopic (exact) mass is 242 g/mol. The van der Waals surface area contributed by atoms with E-state index in [0.29, 0.717) is 0 Å². The van der Waals surface area contributed by atoms with Crippen LogP contribution < -0.4 is 9.64 Å². The number of aryl methyl sites for hydroxylation is 1. The first-order chi connectivity index (χ1) is 8.70. The van der Waals surface area contributed by atoms with E-state index < -0.39 is 0 Å². The molecule has 1 heterocycles. The van der Waals surface area contributed by atoms with Crippen LogP contribution in [0.25, 0.3) is 0 Å². The maximum Gasteiger partial charge on any atom is 0.128 e. The topological polar surface area (TPSA) is 25.4 Å². The van der Waals surface area contributed by atoms with E-state index in [9.17, 15) is 0 Å². The predicted octanol–water partition coefficient (Wildman–Crippen LogP) is 3.04. The summed E-state index contributed by atoms with van der Waals surface area (Å²) in [5.41, 5.74) is 2.37. The molecule has 0 radical (unpaired) electrons. The van der Waals surface area contributed by atoms with Gasteiger partial charge in [0.2, 0.25) is 0 Å². The number of ether oxygens (including phenoxy) is 1. The Bertz CT molecular complexity index is 511. The van der Waals surface area contributed by atoms with Crippen LogP contribution in [-0.4, -0.2) is 19.1 Å². The van der Waals surface area contributed by atoms with Crippen molar-refractivity contribution in [2.75, 3.05) is 19.1 Å². The van der Waals surface area contributed by atoms with Crippen LogP contribution in [0.1, 0.15) is 11.1 Å². The molecule has 18 heavy (non-hydrogen) atoms. The fourth-order valence-corrected chi connectivity index (χ4v) is 1.90. The van der Waals surface area contributed by atoms with Gasteiger partial charge in [-0.2, -0.15) is 0 Å². The van der Waals surface area contributed by atoms with E-state index in [2.05, 4.69) is 35.0 Å². The van der Waals surface area contributed by atoms with Gasteiger partial charge in [-0.1, -0.05) is 18.2 Å². The van der Waals surface area contributed by atoms with Crippen molar-refractivity contribution in [1.82, 2.24) is 4.98 Å². The van der Waals surface area contributed by atoms with Crippen LogP contribution in [0.15, 0.2) is 42.6 Å². The molecule has 3 nitrogen and oxygen atoms in total. The van der Waals surface area contributed by atoms with Gasteiger partial charge < -0.3 is 9.64 Å². The third-order valence-electron chi connectivity index (χ3n) is 2.89. The number of rotatable bonds is 4. The Kier molecular flexibility index (Phi) is 3.82. The Morgan fingerprint density at radius 1 is 1.22 bits per heavy atom. The number of hydrogen-bond donors (Lipinski definition) is 0. The minimum atomic E-state index is 0.778. The van der Waals surface area contributed by atoms with Crippen molar-refractivity contribution < 1.29 is 4.74 Å². The average Bonchev–Trinajstić information content (AvgIpc) is 2.41. The van der Waals surface area contributed by atoms with Crippen molar-refractivity contribution in [3.8, 4) is 5.75 Å². The summed E-state index contributed by atoms with van der Waals surface area (Å²) in [5.74, 6) is 1.89. The lowest BCUT2D eigenvalue weighted by Crippen LogP contribution is -2.17. The molecule has 94 valence electrons. The Hall–Kier alpha value is -2.03. The van der Waals surface area contributed by atoms with Crippen LogP contribution >= 0.6 is 0 Å². The molecule has 3 heteroatoms. The maximum atomic E-state index is 5.42. The van der Waals surface area contributed by atoms with Crippen molar-refractivity contribution in [2.24, 2.45) is 0 Å². The van der Waals surface area contributed by atoms with E-state index in [1.54, 1.807) is 13.3 Å². The Morgan fingerprint density at radius 2 is 2.06 bits per heavy atom. The van der Waals surface area contributed by atoms with Gasteiger partial charge >= 0.3 is 0 Å². The van der Waals surface area contributed by atoms with Crippen molar-refractivity contribution in [3.63, 3.8) is 0 Å². The highest BCUT2D eigenvalue weighted by Crippen LogP contribution is 2.22. The number of hydrogen-bond acceptors (Lipinski definition) is 3. The number of nitrogens with zero attached hydrogens (tertiary/aromatic N) is 2. The summed E-state index contributed by atoms with van der Waals surface area (Å²) in [6.45, 7) is 2.84. The summed E-state index contributed by atoms with van der Waals surface area (Å²) in [6, 6.07) is 12.2. The summed E-state index contributed by atoms with van der Waals surface area (Å²) in [6.07, 6.45) is 1.80. The first kappa shape index (κ1) is 12.4. The Morgan fingerprint density at radius 3 is 2.72 bits per heavy atom. The first-order valence-electron chi connectivity index (χ1n) is 5.96. The van der Waals surface area contributed by atoms with E-state index in [0.717, 1.165) is 23.7 Å². The second kappa shape index (κ2) is 5.54. The van der Waals surface area contributed by atoms with Gasteiger partial charge in [0, 0.05) is 25.4 Å². The normalized spacial score (nSPS) is 10.2. The minimum Gasteiger partial charge on any atom is -0.496 e. The quantitative estimate of drug-likeness (QED) is 0.824. The molecule has 0 saturated heterocycles. The zero-order valence-electron chi connectivity index (χ0n) is 11.1. The predicted molar refractivity (Wildman–Crippen MR) is 74.1 cm³/mol. The van der Waals surface area contributed by atoms with Gasteiger partial charge in [-0.15, -0.1) is 0 Å². The number of pyridine rings is 1. The van der Waals surface area contributed by atoms with Crippen LogP contribution in [0.5, 0.6) is 5.75 Å². The molecule has 0 spiro atoms. The molecule has 0 atom stereocenters. The summed E-state index contributed by atoms with van der Waals surface area (Å²) in [7, 11) is 3.74. The fourth-order valence-electron chi connectivity index (χ4n) is 1.90. The zero-order chi connectivity index (χ0) is 13.0. The van der Waals surface area contributed by atoms with Crippen LogP contribution in [0, 0.1) is 6.92 Å². The molecular formula is C15H18N2O. The third-order valence-corrected chi connectivity index (χ3v) is 2.89. The zero-order valence-corrected chi connectivity index (χ0v) is 11.1. The van der Waals surface area contributed by atoms with E-state index in [1.165, 1.54) is 5.56 Å². The second-order valence-corrected chi connectivity index (χ2v) is 4.36. The lowest BCUT2D eigenvalue weighted by molar-refractivity contribution is 0.409. The van der Waals surface area contributed by atoms with Gasteiger partial charge in [-0.25, -0.2) is 4.98 Å². The molecule has 0 aliphatic heterocycles. The minimum absolute atomic E-state index is 0.778. The van der Waals surface area contributed by atoms with Crippen LogP contribution in [0.3, 0.4) is 0 Å². The molecule has 0 fully saturated rings. The first-order valence-corrected chi connectivity index (χ1v) is 5.96. The molecule has 0 aliphatic rings. The molecule has 0 N–H and O–H groups in total. The smallest absolute Gasteiger partial charge is 0.128 e. The van der Waals surface area contributed by atoms with Gasteiger partial charge in [0.15, 0.2) is 0 Å². The highest BCUT2D eigenvalue weighted by Gasteiger charge is 2.07. The molecular weight excluding hydrogens is 224 g/mol. The van der Waals surface area contributed by atoms with Gasteiger partial charge in [0.05, 0.1) is 7.11 Å². The molecule has 2 rings (SSSR count). The SMILES string of the molecule is COc1cc(C)ccc1CN(C)c1ccccn1. The maximum absolute atomic E-state index is 5.42. The Labute approximate surface area is 108 Å². The highest BCUT2D eigenvalue weighted by molar-refractivity contribution is 5.43. The van der Waals surface area contributed by atoms with Gasteiger partial charge in [0.1, 0.15) is 11.6 Å². The van der Waals surface area contributed by atoms with E-state index in [1.807, 2.05) is 25.2 Å². The number of benzene rings is 1. The second-order valence-electron chi connectivity index (χ2n) is 4.36. The van der Waals surface area contributed by atoms with Crippen molar-refractivity contribution >= 4 is 5.82 Å². The molecule has 0 bridgehead atoms. The fraction of sp³-hybridized carbons (Fsp3) is 0.267. The van der Waals surface area contributed by atoms with Gasteiger partial charge in [-0.05, 0) is 30.7 Å². The number of methoxy groups -OCH3 is 1. The van der Waals surface area contributed by atoms with Crippen molar-refractivity contribution in [3.05, 3.63) is 53.7 Å². The van der Waals surface area contributed by atoms with Crippen LogP contribution in [0.2, 0.25) is 0 Å². The largest absolute Gasteiger partial charge is 0.496 e. The summed E-state index contributed by atoms with van der Waals surface area (Å²) < 4.78 is 5.42. The lowest BCUT2D eigenvalue weighted by atomic mass is 10.1. The highest BCUT2D eigenvalue weighted by atomic mass is 16.5. The summed E-state index contributed by atoms with van der Waals surface area (Å²) in [5, 5.41) is 0. The van der Waals surface area contributed by atoms with Gasteiger partial charge in [-0.3, -0.25) is 0 Å². The Balaban J connectivity index is 2.19. The number of anilines is 1. The van der Waals surface area contributed by atoms with Crippen molar-refractivity contribution in [2.45, 2.75) is 13.5 Å². The average molecular weight is 242 g/mol. The van der Waals surface area contributed by atoms with Gasteiger partial charge in [0.25, 0.3) is 0 Å². The van der Waals surface area contributed by atoms with Crippen molar-refractivity contribution in [1.29, 1.82) is 0 Å². The van der Waals surface area contributed by atoms with E-state index in [-0.39, 0.29) is 0 Å². The van der Waals surface area contributed by atoms with E-state index in [4.69, 9.17) is 4.74 Å². The standard InChI is InChI=1S/C15H18N2O/c1-12-7-8-13(14(10-12)18-3)11-17(2)15-6-4-5-9-16-15/h4-10H,11H2,1-3H3. The summed E-state index contributed by atoms with van der Waals surface area (Å²) in [4.78, 5) is 6.44. The number of aromatic nitrogens is 1. The molecule has 0 aliphatic carbocycles. The third kappa shape index (κ3) is 2.80. The van der Waals surface area contributed by atoms with E-state index >= 15 is 0 Å². The molecule has 1 aromatic heterocycles. The summed E-state index contributed by atoms with van der Waals surface area (Å²) >= 11 is 0. The molecule has 0 saturated carbocycles.